The number of thiophene rings is 1. The highest BCUT2D eigenvalue weighted by molar-refractivity contribution is 7.13. The molecule has 0 atom stereocenters. The first-order valence-corrected chi connectivity index (χ1v) is 8.79. The lowest BCUT2D eigenvalue weighted by molar-refractivity contribution is 0.0698. The van der Waals surface area contributed by atoms with Crippen molar-refractivity contribution in [2.75, 3.05) is 13.1 Å². The van der Waals surface area contributed by atoms with E-state index in [-0.39, 0.29) is 5.91 Å². The molecule has 4 rings (SSSR count). The van der Waals surface area contributed by atoms with Gasteiger partial charge in [-0.3, -0.25) is 4.79 Å². The van der Waals surface area contributed by atoms with Gasteiger partial charge in [-0.2, -0.15) is 0 Å². The van der Waals surface area contributed by atoms with E-state index >= 15 is 0 Å². The first kappa shape index (κ1) is 13.9. The van der Waals surface area contributed by atoms with E-state index in [9.17, 15) is 4.79 Å². The van der Waals surface area contributed by atoms with Crippen LogP contribution in [0.25, 0.3) is 0 Å². The number of carbonyl (C=O) groups is 1. The Bertz CT molecular complexity index is 680. The zero-order valence-corrected chi connectivity index (χ0v) is 13.6. The van der Waals surface area contributed by atoms with Crippen LogP contribution in [0.15, 0.2) is 18.5 Å². The van der Waals surface area contributed by atoms with E-state index in [0.717, 1.165) is 36.6 Å². The molecule has 1 saturated carbocycles. The van der Waals surface area contributed by atoms with Crippen LogP contribution in [-0.4, -0.2) is 38.7 Å². The van der Waals surface area contributed by atoms with Gasteiger partial charge in [-0.1, -0.05) is 0 Å². The van der Waals surface area contributed by atoms with Gasteiger partial charge in [0.25, 0.3) is 5.91 Å². The van der Waals surface area contributed by atoms with Crippen LogP contribution < -0.4 is 0 Å². The first-order valence-electron chi connectivity index (χ1n) is 7.97. The van der Waals surface area contributed by atoms with Crippen molar-refractivity contribution in [2.24, 2.45) is 0 Å². The molecule has 1 saturated heterocycles. The number of amides is 1. The molecule has 2 aromatic rings. The van der Waals surface area contributed by atoms with E-state index in [1.54, 1.807) is 11.3 Å². The first-order chi connectivity index (χ1) is 10.7. The molecule has 5 nitrogen and oxygen atoms in total. The van der Waals surface area contributed by atoms with Gasteiger partial charge >= 0.3 is 0 Å². The molecule has 0 spiro atoms. The molecular weight excluding hydrogens is 296 g/mol. The van der Waals surface area contributed by atoms with Crippen molar-refractivity contribution in [1.82, 2.24) is 19.7 Å². The summed E-state index contributed by atoms with van der Waals surface area (Å²) >= 11 is 1.59. The number of carbonyl (C=O) groups excluding carboxylic acids is 1. The average molecular weight is 316 g/mol. The zero-order chi connectivity index (χ0) is 15.1. The van der Waals surface area contributed by atoms with Crippen LogP contribution in [0.4, 0.5) is 0 Å². The van der Waals surface area contributed by atoms with Crippen molar-refractivity contribution in [3.8, 4) is 0 Å². The van der Waals surface area contributed by atoms with E-state index in [1.807, 2.05) is 30.3 Å². The van der Waals surface area contributed by atoms with Gasteiger partial charge in [0.15, 0.2) is 0 Å². The Morgan fingerprint density at radius 2 is 2.00 bits per heavy atom. The van der Waals surface area contributed by atoms with E-state index in [2.05, 4.69) is 14.8 Å². The van der Waals surface area contributed by atoms with Gasteiger partial charge in [0.1, 0.15) is 12.2 Å². The summed E-state index contributed by atoms with van der Waals surface area (Å²) < 4.78 is 2.26. The number of piperidine rings is 1. The highest BCUT2D eigenvalue weighted by Gasteiger charge is 2.32. The second kappa shape index (κ2) is 5.50. The molecule has 0 unspecified atom stereocenters. The Morgan fingerprint density at radius 3 is 2.64 bits per heavy atom. The van der Waals surface area contributed by atoms with Crippen molar-refractivity contribution in [1.29, 1.82) is 0 Å². The second-order valence-electron chi connectivity index (χ2n) is 6.30. The van der Waals surface area contributed by atoms with Crippen LogP contribution >= 0.6 is 11.3 Å². The third kappa shape index (κ3) is 2.56. The van der Waals surface area contributed by atoms with Crippen LogP contribution in [0.2, 0.25) is 0 Å². The molecule has 6 heteroatoms. The van der Waals surface area contributed by atoms with Gasteiger partial charge in [0.2, 0.25) is 0 Å². The minimum Gasteiger partial charge on any atom is -0.338 e. The fourth-order valence-corrected chi connectivity index (χ4v) is 4.05. The molecule has 1 amide bonds. The Hall–Kier alpha value is -1.69. The normalized spacial score (nSPS) is 19.6. The lowest BCUT2D eigenvalue weighted by Crippen LogP contribution is -2.38. The van der Waals surface area contributed by atoms with Gasteiger partial charge in [0.05, 0.1) is 4.88 Å². The molecule has 0 bridgehead atoms. The van der Waals surface area contributed by atoms with Crippen molar-refractivity contribution >= 4 is 17.2 Å². The van der Waals surface area contributed by atoms with E-state index in [0.29, 0.717) is 12.0 Å². The molecule has 1 aliphatic carbocycles. The molecule has 0 N–H and O–H groups in total. The lowest BCUT2D eigenvalue weighted by atomic mass is 10.0. The number of aryl methyl sites for hydroxylation is 1. The van der Waals surface area contributed by atoms with Crippen molar-refractivity contribution in [3.63, 3.8) is 0 Å². The number of hydrogen-bond donors (Lipinski definition) is 0. The Kier molecular flexibility index (Phi) is 3.48. The molecular formula is C16H20N4OS. The third-order valence-electron chi connectivity index (χ3n) is 4.64. The van der Waals surface area contributed by atoms with Crippen LogP contribution in [0.3, 0.4) is 0 Å². The standard InChI is InChI=1S/C16H20N4OS/c1-11-2-5-14(22-11)16(21)19-8-6-13(7-9-19)20-10-17-18-15(20)12-3-4-12/h2,5,10,12-13H,3-4,6-9H2,1H3. The maximum atomic E-state index is 12.5. The summed E-state index contributed by atoms with van der Waals surface area (Å²) in [4.78, 5) is 16.5. The number of likely N-dealkylation sites (tertiary alicyclic amines) is 1. The topological polar surface area (TPSA) is 51.0 Å². The van der Waals surface area contributed by atoms with E-state index < -0.39 is 0 Å². The highest BCUT2D eigenvalue weighted by atomic mass is 32.1. The summed E-state index contributed by atoms with van der Waals surface area (Å²) in [5.41, 5.74) is 0. The molecule has 2 fully saturated rings. The maximum Gasteiger partial charge on any atom is 0.263 e. The van der Waals surface area contributed by atoms with Gasteiger partial charge in [0, 0.05) is 29.9 Å². The minimum absolute atomic E-state index is 0.183. The Balaban J connectivity index is 1.42. The SMILES string of the molecule is Cc1ccc(C(=O)N2CCC(n3cnnc3C3CC3)CC2)s1. The molecule has 22 heavy (non-hydrogen) atoms. The van der Waals surface area contributed by atoms with Crippen LogP contribution in [-0.2, 0) is 0 Å². The largest absolute Gasteiger partial charge is 0.338 e. The molecule has 2 aliphatic rings. The minimum atomic E-state index is 0.183. The van der Waals surface area contributed by atoms with Crippen molar-refractivity contribution < 1.29 is 4.79 Å². The predicted octanol–water partition coefficient (Wildman–Crippen LogP) is 3.00. The maximum absolute atomic E-state index is 12.5. The number of hydrogen-bond acceptors (Lipinski definition) is 4. The molecule has 1 aliphatic heterocycles. The lowest BCUT2D eigenvalue weighted by Gasteiger charge is -2.32. The van der Waals surface area contributed by atoms with E-state index in [4.69, 9.17) is 0 Å². The van der Waals surface area contributed by atoms with Gasteiger partial charge in [-0.15, -0.1) is 21.5 Å². The Labute approximate surface area is 134 Å². The summed E-state index contributed by atoms with van der Waals surface area (Å²) in [6.07, 6.45) is 6.35. The molecule has 0 aromatic carbocycles. The summed E-state index contributed by atoms with van der Waals surface area (Å²) in [6, 6.07) is 4.41. The summed E-state index contributed by atoms with van der Waals surface area (Å²) in [7, 11) is 0. The summed E-state index contributed by atoms with van der Waals surface area (Å²) in [5, 5.41) is 8.39. The monoisotopic (exact) mass is 316 g/mol. The predicted molar refractivity (Wildman–Crippen MR) is 85.2 cm³/mol. The number of nitrogens with zero attached hydrogens (tertiary/aromatic N) is 4. The zero-order valence-electron chi connectivity index (χ0n) is 12.7. The molecule has 116 valence electrons. The Morgan fingerprint density at radius 1 is 1.23 bits per heavy atom. The number of rotatable bonds is 3. The van der Waals surface area contributed by atoms with Crippen LogP contribution in [0.5, 0.6) is 0 Å². The fourth-order valence-electron chi connectivity index (χ4n) is 3.22. The molecule has 0 radical (unpaired) electrons. The van der Waals surface area contributed by atoms with Crippen LogP contribution in [0, 0.1) is 6.92 Å². The van der Waals surface area contributed by atoms with Gasteiger partial charge in [-0.25, -0.2) is 0 Å². The smallest absolute Gasteiger partial charge is 0.263 e. The summed E-state index contributed by atoms with van der Waals surface area (Å²) in [6.45, 7) is 3.69. The quantitative estimate of drug-likeness (QED) is 0.874. The van der Waals surface area contributed by atoms with Crippen LogP contribution in [0.1, 0.15) is 58.0 Å². The second-order valence-corrected chi connectivity index (χ2v) is 7.59. The van der Waals surface area contributed by atoms with Gasteiger partial charge in [-0.05, 0) is 44.7 Å². The van der Waals surface area contributed by atoms with Gasteiger partial charge < -0.3 is 9.47 Å². The molecule has 2 aromatic heterocycles. The summed E-state index contributed by atoms with van der Waals surface area (Å²) in [5.74, 6) is 1.96. The van der Waals surface area contributed by atoms with E-state index in [1.165, 1.54) is 17.7 Å². The average Bonchev–Trinajstić information content (AvgIpc) is 3.10. The third-order valence-corrected chi connectivity index (χ3v) is 5.63. The van der Waals surface area contributed by atoms with Crippen molar-refractivity contribution in [2.45, 2.75) is 44.6 Å². The number of aromatic nitrogens is 3. The highest BCUT2D eigenvalue weighted by Crippen LogP contribution is 2.40. The fraction of sp³-hybridized carbons (Fsp3) is 0.562. The van der Waals surface area contributed by atoms with Crippen molar-refractivity contribution in [3.05, 3.63) is 34.0 Å². The molecule has 3 heterocycles.